The summed E-state index contributed by atoms with van der Waals surface area (Å²) in [4.78, 5) is 0. The maximum absolute atomic E-state index is 13.6. The van der Waals surface area contributed by atoms with E-state index in [9.17, 15) is 4.39 Å². The summed E-state index contributed by atoms with van der Waals surface area (Å²) in [5, 5.41) is 14.3. The van der Waals surface area contributed by atoms with Gasteiger partial charge in [-0.2, -0.15) is 0 Å². The van der Waals surface area contributed by atoms with E-state index in [-0.39, 0.29) is 5.84 Å². The van der Waals surface area contributed by atoms with E-state index in [4.69, 9.17) is 17.4 Å². The van der Waals surface area contributed by atoms with E-state index in [1.807, 2.05) is 0 Å². The third-order valence-electron chi connectivity index (χ3n) is 2.22. The molecule has 0 spiro atoms. The molecule has 5 heteroatoms. The summed E-state index contributed by atoms with van der Waals surface area (Å²) in [7, 11) is 0. The smallest absolute Gasteiger partial charge is 0.170 e. The topological polar surface area (TPSA) is 70.6 Å². The number of amidine groups is 1. The van der Waals surface area contributed by atoms with Crippen molar-refractivity contribution in [3.8, 4) is 12.3 Å². The van der Waals surface area contributed by atoms with Crippen LogP contribution in [-0.4, -0.2) is 17.6 Å². The van der Waals surface area contributed by atoms with Crippen molar-refractivity contribution < 1.29 is 9.60 Å². The molecule has 17 heavy (non-hydrogen) atoms. The Morgan fingerprint density at radius 1 is 1.59 bits per heavy atom. The molecule has 1 rings (SSSR count). The van der Waals surface area contributed by atoms with Crippen LogP contribution in [0.3, 0.4) is 0 Å². The lowest BCUT2D eigenvalue weighted by Crippen LogP contribution is -2.17. The molecular weight excluding hydrogens is 221 g/mol. The zero-order valence-corrected chi connectivity index (χ0v) is 9.28. The van der Waals surface area contributed by atoms with Crippen molar-refractivity contribution in [1.82, 2.24) is 5.32 Å². The highest BCUT2D eigenvalue weighted by Gasteiger charge is 2.05. The lowest BCUT2D eigenvalue weighted by molar-refractivity contribution is 0.318. The zero-order chi connectivity index (χ0) is 12.7. The molecule has 0 heterocycles. The predicted molar refractivity (Wildman–Crippen MR) is 64.1 cm³/mol. The third kappa shape index (κ3) is 3.78. The molecule has 0 aromatic heterocycles. The van der Waals surface area contributed by atoms with Crippen molar-refractivity contribution in [3.05, 3.63) is 35.1 Å². The monoisotopic (exact) mass is 235 g/mol. The molecule has 0 aliphatic rings. The summed E-state index contributed by atoms with van der Waals surface area (Å²) >= 11 is 0. The SMILES string of the molecule is C#CCCNCc1ccc(C(N)=NO)cc1F. The first-order chi connectivity index (χ1) is 8.19. The molecule has 0 radical (unpaired) electrons. The average Bonchev–Trinajstić information content (AvgIpc) is 2.35. The van der Waals surface area contributed by atoms with Gasteiger partial charge in [0.1, 0.15) is 5.82 Å². The van der Waals surface area contributed by atoms with Crippen molar-refractivity contribution in [3.63, 3.8) is 0 Å². The fourth-order valence-corrected chi connectivity index (χ4v) is 1.29. The van der Waals surface area contributed by atoms with E-state index in [2.05, 4.69) is 16.4 Å². The summed E-state index contributed by atoms with van der Waals surface area (Å²) in [6.07, 6.45) is 5.69. The van der Waals surface area contributed by atoms with Gasteiger partial charge in [0, 0.05) is 30.6 Å². The molecule has 0 atom stereocenters. The van der Waals surface area contributed by atoms with E-state index < -0.39 is 5.82 Å². The fourth-order valence-electron chi connectivity index (χ4n) is 1.29. The van der Waals surface area contributed by atoms with Gasteiger partial charge in [0.15, 0.2) is 5.84 Å². The summed E-state index contributed by atoms with van der Waals surface area (Å²) in [5.41, 5.74) is 6.20. The first-order valence-electron chi connectivity index (χ1n) is 5.09. The Labute approximate surface area is 99.3 Å². The number of halogens is 1. The minimum absolute atomic E-state index is 0.115. The van der Waals surface area contributed by atoms with Gasteiger partial charge in [-0.05, 0) is 6.07 Å². The van der Waals surface area contributed by atoms with Gasteiger partial charge in [-0.25, -0.2) is 4.39 Å². The number of nitrogens with zero attached hydrogens (tertiary/aromatic N) is 1. The Hall–Kier alpha value is -2.06. The Balaban J connectivity index is 2.67. The number of terminal acetylenes is 1. The quantitative estimate of drug-likeness (QED) is 0.178. The molecule has 1 aromatic carbocycles. The fraction of sp³-hybridized carbons (Fsp3) is 0.250. The first kappa shape index (κ1) is 13.0. The highest BCUT2D eigenvalue weighted by Crippen LogP contribution is 2.10. The minimum Gasteiger partial charge on any atom is -0.409 e. The summed E-state index contributed by atoms with van der Waals surface area (Å²) in [6.45, 7) is 1.03. The Morgan fingerprint density at radius 3 is 2.94 bits per heavy atom. The van der Waals surface area contributed by atoms with Gasteiger partial charge in [-0.15, -0.1) is 12.3 Å². The molecule has 90 valence electrons. The third-order valence-corrected chi connectivity index (χ3v) is 2.22. The highest BCUT2D eigenvalue weighted by molar-refractivity contribution is 5.97. The normalized spacial score (nSPS) is 11.2. The van der Waals surface area contributed by atoms with Gasteiger partial charge in [-0.1, -0.05) is 17.3 Å². The molecule has 4 nitrogen and oxygen atoms in total. The zero-order valence-electron chi connectivity index (χ0n) is 9.28. The molecule has 1 aromatic rings. The number of rotatable bonds is 5. The van der Waals surface area contributed by atoms with E-state index in [0.29, 0.717) is 30.6 Å². The average molecular weight is 235 g/mol. The number of oxime groups is 1. The highest BCUT2D eigenvalue weighted by atomic mass is 19.1. The van der Waals surface area contributed by atoms with Crippen LogP contribution in [0.4, 0.5) is 4.39 Å². The molecular formula is C12H14FN3O. The lowest BCUT2D eigenvalue weighted by Gasteiger charge is -2.06. The molecule has 0 unspecified atom stereocenters. The van der Waals surface area contributed by atoms with Crippen molar-refractivity contribution in [2.75, 3.05) is 6.54 Å². The molecule has 0 saturated heterocycles. The van der Waals surface area contributed by atoms with Gasteiger partial charge in [0.2, 0.25) is 0 Å². The second kappa shape index (κ2) is 6.51. The molecule has 0 aliphatic heterocycles. The number of hydrogen-bond donors (Lipinski definition) is 3. The van der Waals surface area contributed by atoms with Crippen molar-refractivity contribution in [1.29, 1.82) is 0 Å². The van der Waals surface area contributed by atoms with Crippen molar-refractivity contribution in [2.24, 2.45) is 10.9 Å². The molecule has 0 bridgehead atoms. The van der Waals surface area contributed by atoms with E-state index >= 15 is 0 Å². The Morgan fingerprint density at radius 2 is 2.35 bits per heavy atom. The van der Waals surface area contributed by atoms with E-state index in [1.165, 1.54) is 6.07 Å². The maximum atomic E-state index is 13.6. The van der Waals surface area contributed by atoms with Crippen LogP contribution in [-0.2, 0) is 6.54 Å². The summed E-state index contributed by atoms with van der Waals surface area (Å²) < 4.78 is 13.6. The first-order valence-corrected chi connectivity index (χ1v) is 5.09. The summed E-state index contributed by atoms with van der Waals surface area (Å²) in [5.74, 6) is 1.97. The van der Waals surface area contributed by atoms with Gasteiger partial charge in [0.25, 0.3) is 0 Å². The standard InChI is InChI=1S/C12H14FN3O/c1-2-3-6-15-8-10-5-4-9(7-11(10)13)12(14)16-17/h1,4-5,7,15,17H,3,6,8H2,(H2,14,16). The van der Waals surface area contributed by atoms with Crippen LogP contribution in [0.15, 0.2) is 23.4 Å². The van der Waals surface area contributed by atoms with E-state index in [1.54, 1.807) is 12.1 Å². The molecule has 0 fully saturated rings. The molecule has 4 N–H and O–H groups in total. The second-order valence-electron chi connectivity index (χ2n) is 3.42. The Kier molecular flexibility index (Phi) is 4.98. The van der Waals surface area contributed by atoms with Crippen LogP contribution in [0.25, 0.3) is 0 Å². The molecule has 0 saturated carbocycles. The van der Waals surface area contributed by atoms with Crippen LogP contribution in [0, 0.1) is 18.2 Å². The van der Waals surface area contributed by atoms with E-state index in [0.717, 1.165) is 0 Å². The molecule has 0 amide bonds. The second-order valence-corrected chi connectivity index (χ2v) is 3.42. The largest absolute Gasteiger partial charge is 0.409 e. The van der Waals surface area contributed by atoms with Crippen LogP contribution in [0.1, 0.15) is 17.5 Å². The number of benzene rings is 1. The van der Waals surface area contributed by atoms with Crippen LogP contribution < -0.4 is 11.1 Å². The van der Waals surface area contributed by atoms with Gasteiger partial charge >= 0.3 is 0 Å². The minimum atomic E-state index is -0.401. The lowest BCUT2D eigenvalue weighted by atomic mass is 10.1. The van der Waals surface area contributed by atoms with Gasteiger partial charge in [0.05, 0.1) is 0 Å². The van der Waals surface area contributed by atoms with Gasteiger partial charge < -0.3 is 16.3 Å². The van der Waals surface area contributed by atoms with Crippen LogP contribution in [0.2, 0.25) is 0 Å². The van der Waals surface area contributed by atoms with Gasteiger partial charge in [-0.3, -0.25) is 0 Å². The van der Waals surface area contributed by atoms with Crippen molar-refractivity contribution in [2.45, 2.75) is 13.0 Å². The summed E-state index contributed by atoms with van der Waals surface area (Å²) in [6, 6.07) is 4.41. The number of nitrogens with one attached hydrogen (secondary N) is 1. The number of hydrogen-bond acceptors (Lipinski definition) is 3. The maximum Gasteiger partial charge on any atom is 0.170 e. The van der Waals surface area contributed by atoms with Crippen LogP contribution in [0.5, 0.6) is 0 Å². The number of nitrogens with two attached hydrogens (primary N) is 1. The predicted octanol–water partition coefficient (Wildman–Crippen LogP) is 1.03. The van der Waals surface area contributed by atoms with Crippen molar-refractivity contribution >= 4 is 5.84 Å². The van der Waals surface area contributed by atoms with Crippen LogP contribution >= 0.6 is 0 Å². The molecule has 0 aliphatic carbocycles. The Bertz CT molecular complexity index is 452.